The van der Waals surface area contributed by atoms with Crippen LogP contribution in [0, 0.1) is 5.92 Å². The Labute approximate surface area is 138 Å². The number of aliphatic hydroxyl groups is 1. The molecule has 1 aliphatic heterocycles. The van der Waals surface area contributed by atoms with Crippen LogP contribution in [0.4, 0.5) is 13.2 Å². The molecule has 2 atom stereocenters. The molecule has 1 aliphatic rings. The van der Waals surface area contributed by atoms with Crippen LogP contribution in [-0.4, -0.2) is 58.4 Å². The van der Waals surface area contributed by atoms with E-state index >= 15 is 0 Å². The van der Waals surface area contributed by atoms with E-state index in [1.54, 1.807) is 4.90 Å². The topological polar surface area (TPSA) is 67.6 Å². The number of hydrogen-bond donors (Lipinski definition) is 1. The SMILES string of the molecule is COC(=O)[C@H](CN1CCCCC1)[C@](O)(c1nccn1C)C(F)(F)F. The number of halogens is 3. The second-order valence-electron chi connectivity index (χ2n) is 6.06. The van der Waals surface area contributed by atoms with Crippen LogP contribution in [0.15, 0.2) is 12.4 Å². The van der Waals surface area contributed by atoms with Crippen LogP contribution in [0.25, 0.3) is 0 Å². The molecule has 0 amide bonds. The Hall–Kier alpha value is -1.61. The molecular formula is C15H22F3N3O3. The number of aryl methyl sites for hydroxylation is 1. The molecule has 0 unspecified atom stereocenters. The lowest BCUT2D eigenvalue weighted by Gasteiger charge is -2.38. The van der Waals surface area contributed by atoms with Crippen molar-refractivity contribution in [2.75, 3.05) is 26.7 Å². The Morgan fingerprint density at radius 2 is 2.00 bits per heavy atom. The Morgan fingerprint density at radius 1 is 1.38 bits per heavy atom. The number of nitrogens with zero attached hydrogens (tertiary/aromatic N) is 3. The van der Waals surface area contributed by atoms with E-state index < -0.39 is 29.5 Å². The molecule has 136 valence electrons. The second kappa shape index (κ2) is 7.10. The highest BCUT2D eigenvalue weighted by Crippen LogP contribution is 2.44. The van der Waals surface area contributed by atoms with Crippen molar-refractivity contribution in [3.63, 3.8) is 0 Å². The quantitative estimate of drug-likeness (QED) is 0.815. The van der Waals surface area contributed by atoms with Gasteiger partial charge in [-0.1, -0.05) is 6.42 Å². The average Bonchev–Trinajstić information content (AvgIpc) is 2.97. The number of aromatic nitrogens is 2. The highest BCUT2D eigenvalue weighted by atomic mass is 19.4. The van der Waals surface area contributed by atoms with Gasteiger partial charge >= 0.3 is 12.1 Å². The van der Waals surface area contributed by atoms with Crippen LogP contribution in [0.3, 0.4) is 0 Å². The zero-order valence-corrected chi connectivity index (χ0v) is 13.7. The van der Waals surface area contributed by atoms with Gasteiger partial charge in [0.1, 0.15) is 5.92 Å². The van der Waals surface area contributed by atoms with E-state index in [4.69, 9.17) is 0 Å². The third-order valence-electron chi connectivity index (χ3n) is 4.47. The number of esters is 1. The van der Waals surface area contributed by atoms with Crippen molar-refractivity contribution in [1.29, 1.82) is 0 Å². The van der Waals surface area contributed by atoms with E-state index in [-0.39, 0.29) is 6.54 Å². The first-order chi connectivity index (χ1) is 11.2. The number of carbonyl (C=O) groups is 1. The molecule has 0 bridgehead atoms. The first-order valence-corrected chi connectivity index (χ1v) is 7.79. The molecule has 0 radical (unpaired) electrons. The molecule has 2 heterocycles. The van der Waals surface area contributed by atoms with E-state index in [0.29, 0.717) is 13.1 Å². The fourth-order valence-electron chi connectivity index (χ4n) is 3.13. The highest BCUT2D eigenvalue weighted by Gasteiger charge is 2.64. The van der Waals surface area contributed by atoms with E-state index in [2.05, 4.69) is 9.72 Å². The van der Waals surface area contributed by atoms with Gasteiger partial charge in [0.2, 0.25) is 5.60 Å². The highest BCUT2D eigenvalue weighted by molar-refractivity contribution is 5.74. The summed E-state index contributed by atoms with van der Waals surface area (Å²) >= 11 is 0. The number of alkyl halides is 3. The van der Waals surface area contributed by atoms with Crippen LogP contribution in [-0.2, 0) is 22.2 Å². The minimum atomic E-state index is -5.08. The van der Waals surface area contributed by atoms with Crippen molar-refractivity contribution < 1.29 is 27.8 Å². The Morgan fingerprint density at radius 3 is 2.46 bits per heavy atom. The van der Waals surface area contributed by atoms with Crippen molar-refractivity contribution >= 4 is 5.97 Å². The molecule has 1 aromatic heterocycles. The van der Waals surface area contributed by atoms with Gasteiger partial charge < -0.3 is 19.3 Å². The Balaban J connectivity index is 2.45. The van der Waals surface area contributed by atoms with E-state index in [1.807, 2.05) is 0 Å². The molecule has 1 saturated heterocycles. The van der Waals surface area contributed by atoms with Gasteiger partial charge in [0.05, 0.1) is 7.11 Å². The fourth-order valence-corrected chi connectivity index (χ4v) is 3.13. The monoisotopic (exact) mass is 349 g/mol. The number of imidazole rings is 1. The maximum Gasteiger partial charge on any atom is 0.425 e. The summed E-state index contributed by atoms with van der Waals surface area (Å²) in [6.45, 7) is 0.930. The minimum absolute atomic E-state index is 0.241. The van der Waals surface area contributed by atoms with Gasteiger partial charge in [-0.2, -0.15) is 13.2 Å². The van der Waals surface area contributed by atoms with Gasteiger partial charge in [0, 0.05) is 26.0 Å². The van der Waals surface area contributed by atoms with Crippen LogP contribution < -0.4 is 0 Å². The van der Waals surface area contributed by atoms with Crippen LogP contribution in [0.5, 0.6) is 0 Å². The predicted octanol–water partition coefficient (Wildman–Crippen LogP) is 1.45. The lowest BCUT2D eigenvalue weighted by atomic mass is 9.84. The van der Waals surface area contributed by atoms with Crippen molar-refractivity contribution in [3.8, 4) is 0 Å². The predicted molar refractivity (Wildman–Crippen MR) is 79.0 cm³/mol. The van der Waals surface area contributed by atoms with Crippen molar-refractivity contribution in [2.24, 2.45) is 13.0 Å². The maximum absolute atomic E-state index is 13.8. The zero-order valence-electron chi connectivity index (χ0n) is 13.7. The molecule has 24 heavy (non-hydrogen) atoms. The fraction of sp³-hybridized carbons (Fsp3) is 0.733. The summed E-state index contributed by atoms with van der Waals surface area (Å²) in [5.74, 6) is -3.55. The number of ether oxygens (including phenoxy) is 1. The van der Waals surface area contributed by atoms with E-state index in [0.717, 1.165) is 37.1 Å². The lowest BCUT2D eigenvalue weighted by molar-refractivity contribution is -0.291. The van der Waals surface area contributed by atoms with E-state index in [1.165, 1.54) is 13.2 Å². The van der Waals surface area contributed by atoms with Gasteiger partial charge in [-0.05, 0) is 25.9 Å². The standard InChI is InChI=1S/C15H22F3N3O3/c1-20-9-6-19-13(20)14(23,15(16,17)18)11(12(22)24-2)10-21-7-4-3-5-8-21/h6,9,11,23H,3-5,7-8,10H2,1-2H3/t11-,14-/m0/s1. The molecule has 1 aromatic rings. The summed E-state index contributed by atoms with van der Waals surface area (Å²) in [6.07, 6.45) is 0.0626. The van der Waals surface area contributed by atoms with Gasteiger partial charge in [0.25, 0.3) is 0 Å². The van der Waals surface area contributed by atoms with Crippen molar-refractivity contribution in [1.82, 2.24) is 14.5 Å². The van der Waals surface area contributed by atoms with Gasteiger partial charge in [-0.15, -0.1) is 0 Å². The number of piperidine rings is 1. The first-order valence-electron chi connectivity index (χ1n) is 7.79. The molecule has 1 fully saturated rings. The molecule has 0 saturated carbocycles. The van der Waals surface area contributed by atoms with E-state index in [9.17, 15) is 23.1 Å². The zero-order chi connectivity index (χ0) is 18.0. The Kier molecular flexibility index (Phi) is 5.54. The van der Waals surface area contributed by atoms with Crippen LogP contribution in [0.1, 0.15) is 25.1 Å². The largest absolute Gasteiger partial charge is 0.469 e. The number of methoxy groups -OCH3 is 1. The summed E-state index contributed by atoms with van der Waals surface area (Å²) in [6, 6.07) is 0. The second-order valence-corrected chi connectivity index (χ2v) is 6.06. The Bertz CT molecular complexity index is 570. The van der Waals surface area contributed by atoms with Gasteiger partial charge in [-0.25, -0.2) is 4.98 Å². The molecule has 1 N–H and O–H groups in total. The summed E-state index contributed by atoms with van der Waals surface area (Å²) < 4.78 is 47.1. The normalized spacial score (nSPS) is 20.4. The van der Waals surface area contributed by atoms with Crippen molar-refractivity contribution in [3.05, 3.63) is 18.2 Å². The van der Waals surface area contributed by atoms with Crippen LogP contribution in [0.2, 0.25) is 0 Å². The summed E-state index contributed by atoms with van der Waals surface area (Å²) in [7, 11) is 2.36. The molecule has 9 heteroatoms. The number of likely N-dealkylation sites (tertiary alicyclic amines) is 1. The van der Waals surface area contributed by atoms with Gasteiger partial charge in [-0.3, -0.25) is 4.79 Å². The lowest BCUT2D eigenvalue weighted by Crippen LogP contribution is -2.56. The molecule has 0 aliphatic carbocycles. The first kappa shape index (κ1) is 18.7. The molecule has 2 rings (SSSR count). The molecule has 0 aromatic carbocycles. The van der Waals surface area contributed by atoms with Gasteiger partial charge in [0.15, 0.2) is 5.82 Å². The number of rotatable bonds is 5. The minimum Gasteiger partial charge on any atom is -0.469 e. The number of hydrogen-bond acceptors (Lipinski definition) is 5. The average molecular weight is 349 g/mol. The summed E-state index contributed by atoms with van der Waals surface area (Å²) in [5, 5.41) is 10.6. The van der Waals surface area contributed by atoms with Crippen LogP contribution >= 0.6 is 0 Å². The molecule has 0 spiro atoms. The molecule has 6 nitrogen and oxygen atoms in total. The molecular weight excluding hydrogens is 327 g/mol. The van der Waals surface area contributed by atoms with Crippen molar-refractivity contribution in [2.45, 2.75) is 31.0 Å². The maximum atomic E-state index is 13.8. The number of carbonyl (C=O) groups excluding carboxylic acids is 1. The smallest absolute Gasteiger partial charge is 0.425 e. The third-order valence-corrected chi connectivity index (χ3v) is 4.47. The summed E-state index contributed by atoms with van der Waals surface area (Å²) in [5.41, 5.74) is -3.42. The summed E-state index contributed by atoms with van der Waals surface area (Å²) in [4.78, 5) is 17.5. The third kappa shape index (κ3) is 3.41.